The molecule has 33 heteroatoms. The van der Waals surface area contributed by atoms with E-state index in [9.17, 15) is 103 Å². The molecule has 24 nitrogen and oxygen atoms in total. The van der Waals surface area contributed by atoms with Crippen LogP contribution >= 0.6 is 0 Å². The fraction of sp³-hybridized carbons (Fsp3) is 0.893. The number of halogens is 9. The van der Waals surface area contributed by atoms with Gasteiger partial charge in [-0.3, -0.25) is 47.9 Å². The Morgan fingerprint density at radius 3 is 1.26 bits per heavy atom. The van der Waals surface area contributed by atoms with Crippen molar-refractivity contribution in [1.82, 2.24) is 0 Å². The molecule has 3 N–H and O–H groups in total. The summed E-state index contributed by atoms with van der Waals surface area (Å²) in [5.41, 5.74) is -14.9. The zero-order valence-corrected chi connectivity index (χ0v) is 88.1. The number of aliphatic carboxylic acids is 1. The lowest BCUT2D eigenvalue weighted by Crippen LogP contribution is -2.64. The highest BCUT2D eigenvalue weighted by atomic mass is 19.4. The number of hydrogen-bond donors (Lipinski definition) is 3. The summed E-state index contributed by atoms with van der Waals surface area (Å²) in [4.78, 5) is 117. The summed E-state index contributed by atoms with van der Waals surface area (Å²) in [6.07, 6.45) is -1.78. The Bertz CT molecular complexity index is 3870. The Labute approximate surface area is 805 Å². The molecule has 2 bridgehead atoms. The largest absolute Gasteiger partial charge is 0.481 e. The Morgan fingerprint density at radius 1 is 0.478 bits per heavy atom. The Morgan fingerprint density at radius 2 is 0.890 bits per heavy atom. The Hall–Kier alpha value is -6.56. The first-order chi connectivity index (χ1) is 61.9. The number of hydrogen-bond acceptors (Lipinski definition) is 23. The smallest absolute Gasteiger partial charge is 0.426 e. The first kappa shape index (κ1) is 126. The normalized spacial score (nSPS) is 25.6. The molecular formula is C103H172F9NO23. The van der Waals surface area contributed by atoms with Gasteiger partial charge in [0.2, 0.25) is 6.29 Å². The number of ether oxygens (including phenoxy) is 10. The molecule has 790 valence electrons. The van der Waals surface area contributed by atoms with E-state index < -0.39 is 123 Å². The van der Waals surface area contributed by atoms with Gasteiger partial charge in [-0.1, -0.05) is 123 Å². The second kappa shape index (κ2) is 49.4. The van der Waals surface area contributed by atoms with Gasteiger partial charge in [0, 0.05) is 29.6 Å². The lowest BCUT2D eigenvalue weighted by Gasteiger charge is -2.47. The minimum atomic E-state index is -6.28. The van der Waals surface area contributed by atoms with Crippen molar-refractivity contribution in [1.29, 1.82) is 5.26 Å². The van der Waals surface area contributed by atoms with E-state index in [-0.39, 0.29) is 132 Å². The topological polar surface area (TPSA) is 347 Å². The lowest BCUT2D eigenvalue weighted by molar-refractivity contribution is -0.391. The average Bonchev–Trinajstić information content (AvgIpc) is 1.53. The number of carboxylic acids is 1. The zero-order chi connectivity index (χ0) is 106. The third kappa shape index (κ3) is 31.7. The molecule has 0 spiro atoms. The van der Waals surface area contributed by atoms with Crippen molar-refractivity contribution in [2.75, 3.05) is 13.2 Å². The third-order valence-electron chi connectivity index (χ3n) is 31.9. The van der Waals surface area contributed by atoms with Crippen LogP contribution in [0.3, 0.4) is 0 Å². The zero-order valence-electron chi connectivity index (χ0n) is 88.1. The number of cyclic esters (lactones) is 2. The number of aliphatic hydroxyl groups is 2. The molecule has 0 aromatic carbocycles. The summed E-state index contributed by atoms with van der Waals surface area (Å²) in [7, 11) is 0. The maximum absolute atomic E-state index is 13.3. The standard InChI is InChI=1S/C18H25F9O4.C15H19NO4.C14H26O2.C14H28O2.C13H22O3.C13H24O2.C10H16O4.C6H12O2/c1-5-13(2,3)12(28)31-11-7-9(14(4,29)16(19,20)21)6-10(8-11)15(30,17(22,23)24)18(25,26)27;1-4-14(2,3)12(17)19-10-8-5-9-11(10)20-13(18)15(9,6-8)7-16;1-6-13(4,5)12(15)16-14(11(2)3)9-7-8-10-14;1-9-13(6,7)12(15)16-14(8,10(2)3)11(4)5;1-3-13(2)9-15-11(16-12(13)14)10-7-5-4-6-8-10;1-5-12(3,4)11(14)15-13(6-2)9-7-8-10-13;1-4-10(2,3)9(12)14-7-5-8(11)13-6-7;1-4-6(2,3)5(7)8/h9-11,29-30H,5-8H2,1-4H3;8-11H,4-6H2,1-3H3;11H,6-10H2,1-5H3;10-11H,9H2,1-8H3;10-11H,3-9H2,1-2H3;5-10H2,1-4H3;7H,4-6H2,1-3H3;4H2,1-3H3,(H,7,8). The molecule has 0 aromatic rings. The van der Waals surface area contributed by atoms with Gasteiger partial charge < -0.3 is 62.7 Å². The molecule has 3 aliphatic heterocycles. The van der Waals surface area contributed by atoms with E-state index in [1.54, 1.807) is 20.8 Å². The molecule has 3 heterocycles. The summed E-state index contributed by atoms with van der Waals surface area (Å²) >= 11 is 0. The molecule has 9 fully saturated rings. The monoisotopic (exact) mass is 1960 g/mol. The van der Waals surface area contributed by atoms with Crippen molar-refractivity contribution in [3.05, 3.63) is 0 Å². The number of fused-ring (bicyclic) bond motifs is 1. The summed E-state index contributed by atoms with van der Waals surface area (Å²) < 4.78 is 174. The second-order valence-corrected chi connectivity index (χ2v) is 45.3. The molecule has 0 aromatic heterocycles. The quantitative estimate of drug-likeness (QED) is 0.0372. The minimum absolute atomic E-state index is 0.0197. The lowest BCUT2D eigenvalue weighted by atomic mass is 9.66. The summed E-state index contributed by atoms with van der Waals surface area (Å²) in [5.74, 6) is -6.76. The summed E-state index contributed by atoms with van der Waals surface area (Å²) in [6, 6.07) is 2.15. The Balaban J connectivity index is 0.000000538. The van der Waals surface area contributed by atoms with E-state index in [2.05, 4.69) is 54.5 Å². The van der Waals surface area contributed by atoms with Gasteiger partial charge in [-0.05, 0) is 290 Å². The van der Waals surface area contributed by atoms with E-state index in [1.807, 2.05) is 132 Å². The van der Waals surface area contributed by atoms with Crippen LogP contribution in [-0.2, 0) is 95.3 Å². The molecule has 0 amide bonds. The van der Waals surface area contributed by atoms with E-state index in [0.29, 0.717) is 56.0 Å². The van der Waals surface area contributed by atoms with Crippen molar-refractivity contribution >= 4 is 59.7 Å². The molecule has 6 saturated carbocycles. The minimum Gasteiger partial charge on any atom is -0.481 e. The van der Waals surface area contributed by atoms with Crippen molar-refractivity contribution < 1.29 is 150 Å². The van der Waals surface area contributed by atoms with Crippen molar-refractivity contribution in [3.8, 4) is 6.07 Å². The number of nitrogens with zero attached hydrogens (tertiary/aromatic N) is 1. The number of nitriles is 1. The van der Waals surface area contributed by atoms with E-state index in [4.69, 9.17) is 52.5 Å². The fourth-order valence-corrected chi connectivity index (χ4v) is 16.5. The van der Waals surface area contributed by atoms with Crippen LogP contribution in [0.25, 0.3) is 0 Å². The maximum Gasteiger partial charge on any atom is 0.426 e. The van der Waals surface area contributed by atoms with Gasteiger partial charge in [0.25, 0.3) is 5.60 Å². The molecule has 136 heavy (non-hydrogen) atoms. The number of rotatable bonds is 28. The second-order valence-electron chi connectivity index (χ2n) is 45.3. The van der Waals surface area contributed by atoms with Gasteiger partial charge in [-0.15, -0.1) is 0 Å². The summed E-state index contributed by atoms with van der Waals surface area (Å²) in [5, 5.41) is 37.4. The van der Waals surface area contributed by atoms with E-state index in [0.717, 1.165) is 77.0 Å². The number of esters is 9. The van der Waals surface area contributed by atoms with Gasteiger partial charge in [0.15, 0.2) is 11.0 Å². The van der Waals surface area contributed by atoms with Crippen LogP contribution in [0.1, 0.15) is 401 Å². The molecule has 9 aliphatic rings. The number of carboxylic acid groups (broad SMARTS) is 1. The molecule has 9 rings (SSSR count). The molecule has 12 unspecified atom stereocenters. The van der Waals surface area contributed by atoms with Crippen molar-refractivity contribution in [2.24, 2.45) is 96.1 Å². The van der Waals surface area contributed by atoms with Crippen molar-refractivity contribution in [2.45, 2.75) is 479 Å². The van der Waals surface area contributed by atoms with Crippen LogP contribution < -0.4 is 0 Å². The maximum atomic E-state index is 13.3. The molecule has 12 atom stereocenters. The average molecular weight is 1960 g/mol. The van der Waals surface area contributed by atoms with E-state index >= 15 is 0 Å². The first-order valence-electron chi connectivity index (χ1n) is 49.7. The molecule has 6 aliphatic carbocycles. The van der Waals surface area contributed by atoms with Gasteiger partial charge in [-0.2, -0.15) is 44.8 Å². The van der Waals surface area contributed by atoms with Gasteiger partial charge in [0.05, 0.1) is 62.4 Å². The van der Waals surface area contributed by atoms with Crippen molar-refractivity contribution in [3.63, 3.8) is 0 Å². The van der Waals surface area contributed by atoms with Gasteiger partial charge in [-0.25, -0.2) is 0 Å². The molecular weight excluding hydrogens is 1790 g/mol. The number of alkyl halides is 9. The Kier molecular flexibility index (Phi) is 45.6. The fourth-order valence-electron chi connectivity index (χ4n) is 16.5. The van der Waals surface area contributed by atoms with Crippen LogP contribution in [-0.4, -0.2) is 165 Å². The molecule has 3 saturated heterocycles. The number of carbonyl (C=O) groups excluding carboxylic acids is 9. The van der Waals surface area contributed by atoms with E-state index in [1.165, 1.54) is 58.8 Å². The van der Waals surface area contributed by atoms with Crippen LogP contribution in [0.2, 0.25) is 0 Å². The predicted molar refractivity (Wildman–Crippen MR) is 495 cm³/mol. The van der Waals surface area contributed by atoms with Gasteiger partial charge >= 0.3 is 78.2 Å². The highest BCUT2D eigenvalue weighted by Crippen LogP contribution is 2.63. The third-order valence-corrected chi connectivity index (χ3v) is 31.9. The van der Waals surface area contributed by atoms with Gasteiger partial charge in [0.1, 0.15) is 47.8 Å². The molecule has 0 radical (unpaired) electrons. The highest BCUT2D eigenvalue weighted by Gasteiger charge is 2.76. The first-order valence-corrected chi connectivity index (χ1v) is 49.7. The number of carbonyl (C=O) groups is 10. The SMILES string of the molecule is CCC(C)(C)C(=O)O.CCC(C)(C)C(=O)OC(C)(C(C)C)C(C)C.CCC(C)(C)C(=O)OC1(C(C)C)CCCC1.CCC(C)(C)C(=O)OC1C2CC3C1OC(=O)C3(C#N)C2.CCC(C)(C)C(=O)OC1CC(C(C)(O)C(F)(F)F)CC(C(O)(C(F)(F)F)C(F)(F)F)C1.CCC(C)(C)C(=O)OC1COC(=O)C1.CCC1(C)COC(C2CCCCC2)OC1=O.CCC1(OC(=O)C(C)(C)CC)CCCC1. The predicted octanol–water partition coefficient (Wildman–Crippen LogP) is 24.1. The van der Waals surface area contributed by atoms with Crippen LogP contribution in [0, 0.1) is 107 Å². The van der Waals surface area contributed by atoms with Crippen LogP contribution in [0.15, 0.2) is 0 Å². The highest BCUT2D eigenvalue weighted by molar-refractivity contribution is 5.85. The van der Waals surface area contributed by atoms with Crippen LogP contribution in [0.5, 0.6) is 0 Å². The summed E-state index contributed by atoms with van der Waals surface area (Å²) in [6.45, 7) is 60.4. The van der Waals surface area contributed by atoms with Crippen LogP contribution in [0.4, 0.5) is 39.5 Å².